The molecule has 1 aliphatic heterocycles. The van der Waals surface area contributed by atoms with Crippen LogP contribution in [0, 0.1) is 5.92 Å². The van der Waals surface area contributed by atoms with Crippen LogP contribution in [0.25, 0.3) is 0 Å². The smallest absolute Gasteiger partial charge is 0.251 e. The van der Waals surface area contributed by atoms with Crippen LogP contribution < -0.4 is 10.6 Å². The molecule has 0 spiro atoms. The molecular weight excluding hydrogens is 354 g/mol. The van der Waals surface area contributed by atoms with Crippen LogP contribution in [-0.2, 0) is 18.3 Å². The molecule has 2 N–H and O–H groups in total. The Morgan fingerprint density at radius 1 is 1.25 bits per heavy atom. The first-order valence-electron chi connectivity index (χ1n) is 9.96. The molecule has 0 bridgehead atoms. The summed E-state index contributed by atoms with van der Waals surface area (Å²) in [5.74, 6) is 0.449. The van der Waals surface area contributed by atoms with E-state index < -0.39 is 0 Å². The van der Waals surface area contributed by atoms with Gasteiger partial charge in [-0.2, -0.15) is 5.10 Å². The van der Waals surface area contributed by atoms with E-state index in [4.69, 9.17) is 0 Å². The first-order chi connectivity index (χ1) is 13.5. The van der Waals surface area contributed by atoms with Crippen molar-refractivity contribution in [1.82, 2.24) is 20.0 Å². The van der Waals surface area contributed by atoms with Crippen molar-refractivity contribution >= 4 is 17.5 Å². The number of nitrogens with zero attached hydrogens (tertiary/aromatic N) is 3. The van der Waals surface area contributed by atoms with E-state index in [2.05, 4.69) is 26.8 Å². The van der Waals surface area contributed by atoms with Gasteiger partial charge in [-0.1, -0.05) is 6.07 Å². The van der Waals surface area contributed by atoms with Crippen LogP contribution >= 0.6 is 0 Å². The summed E-state index contributed by atoms with van der Waals surface area (Å²) in [6.45, 7) is 2.23. The quantitative estimate of drug-likeness (QED) is 0.767. The largest absolute Gasteiger partial charge is 0.349 e. The number of anilines is 1. The van der Waals surface area contributed by atoms with E-state index in [0.29, 0.717) is 29.8 Å². The predicted molar refractivity (Wildman–Crippen MR) is 107 cm³/mol. The van der Waals surface area contributed by atoms with Crippen LogP contribution in [0.2, 0.25) is 0 Å². The zero-order valence-corrected chi connectivity index (χ0v) is 16.2. The Bertz CT molecular complexity index is 858. The molecule has 1 aliphatic carbocycles. The molecule has 0 radical (unpaired) electrons. The average Bonchev–Trinajstić information content (AvgIpc) is 3.22. The Balaban J connectivity index is 1.26. The monoisotopic (exact) mass is 381 g/mol. The van der Waals surface area contributed by atoms with Gasteiger partial charge in [-0.3, -0.25) is 19.2 Å². The van der Waals surface area contributed by atoms with Crippen molar-refractivity contribution in [3.63, 3.8) is 0 Å². The fourth-order valence-electron chi connectivity index (χ4n) is 3.77. The molecular formula is C21H27N5O2. The van der Waals surface area contributed by atoms with Crippen LogP contribution in [0.3, 0.4) is 0 Å². The second kappa shape index (κ2) is 8.14. The van der Waals surface area contributed by atoms with E-state index in [1.165, 1.54) is 5.56 Å². The van der Waals surface area contributed by atoms with Gasteiger partial charge in [0.2, 0.25) is 5.91 Å². The number of aryl methyl sites for hydroxylation is 1. The highest BCUT2D eigenvalue weighted by molar-refractivity contribution is 5.97. The standard InChI is InChI=1S/C21H27N5O2/c1-25-12-16(11-22-25)9-15-7-8-26(13-15)14-20(27)23-19-4-2-3-17(10-19)21(28)24-18-5-6-18/h2-4,10-12,15,18H,5-9,13-14H2,1H3,(H,23,27)(H,24,28). The van der Waals surface area contributed by atoms with Crippen molar-refractivity contribution in [3.05, 3.63) is 47.8 Å². The maximum atomic E-state index is 12.4. The molecule has 4 rings (SSSR count). The average molecular weight is 381 g/mol. The Labute approximate surface area is 165 Å². The van der Waals surface area contributed by atoms with Gasteiger partial charge in [-0.05, 0) is 61.9 Å². The molecule has 2 aromatic rings. The topological polar surface area (TPSA) is 79.3 Å². The van der Waals surface area contributed by atoms with Crippen LogP contribution in [0.15, 0.2) is 36.7 Å². The summed E-state index contributed by atoms with van der Waals surface area (Å²) in [7, 11) is 1.93. The summed E-state index contributed by atoms with van der Waals surface area (Å²) in [6.07, 6.45) is 8.19. The lowest BCUT2D eigenvalue weighted by atomic mass is 10.0. The number of amides is 2. The van der Waals surface area contributed by atoms with Crippen molar-refractivity contribution in [3.8, 4) is 0 Å². The molecule has 7 heteroatoms. The lowest BCUT2D eigenvalue weighted by Gasteiger charge is -2.16. The number of rotatable bonds is 7. The van der Waals surface area contributed by atoms with Crippen molar-refractivity contribution < 1.29 is 9.59 Å². The molecule has 148 valence electrons. The molecule has 2 fully saturated rings. The Morgan fingerprint density at radius 2 is 2.11 bits per heavy atom. The number of benzene rings is 1. The zero-order valence-electron chi connectivity index (χ0n) is 16.2. The third kappa shape index (κ3) is 4.98. The highest BCUT2D eigenvalue weighted by Crippen LogP contribution is 2.21. The van der Waals surface area contributed by atoms with Crippen molar-refractivity contribution in [1.29, 1.82) is 0 Å². The summed E-state index contributed by atoms with van der Waals surface area (Å²) in [4.78, 5) is 26.8. The van der Waals surface area contributed by atoms with Crippen LogP contribution in [0.4, 0.5) is 5.69 Å². The van der Waals surface area contributed by atoms with E-state index in [0.717, 1.165) is 38.8 Å². The van der Waals surface area contributed by atoms with Crippen LogP contribution in [0.1, 0.15) is 35.2 Å². The third-order valence-corrected chi connectivity index (χ3v) is 5.34. The van der Waals surface area contributed by atoms with Gasteiger partial charge in [0.1, 0.15) is 0 Å². The number of aromatic nitrogens is 2. The van der Waals surface area contributed by atoms with E-state index in [1.807, 2.05) is 24.0 Å². The molecule has 1 unspecified atom stereocenters. The molecule has 2 heterocycles. The van der Waals surface area contributed by atoms with Gasteiger partial charge in [0.05, 0.1) is 12.7 Å². The zero-order chi connectivity index (χ0) is 19.5. The normalized spacial score (nSPS) is 19.5. The van der Waals surface area contributed by atoms with E-state index in [-0.39, 0.29) is 11.8 Å². The number of carbonyl (C=O) groups is 2. The molecule has 2 aliphatic rings. The molecule has 1 aromatic carbocycles. The first-order valence-corrected chi connectivity index (χ1v) is 9.96. The molecule has 28 heavy (non-hydrogen) atoms. The van der Waals surface area contributed by atoms with Gasteiger partial charge in [0.25, 0.3) is 5.91 Å². The molecule has 2 amide bonds. The number of carbonyl (C=O) groups excluding carboxylic acids is 2. The van der Waals surface area contributed by atoms with Gasteiger partial charge in [-0.25, -0.2) is 0 Å². The second-order valence-corrected chi connectivity index (χ2v) is 7.99. The van der Waals surface area contributed by atoms with Crippen molar-refractivity contribution in [2.45, 2.75) is 31.7 Å². The third-order valence-electron chi connectivity index (χ3n) is 5.34. The fraction of sp³-hybridized carbons (Fsp3) is 0.476. The number of nitrogens with one attached hydrogen (secondary N) is 2. The van der Waals surface area contributed by atoms with Gasteiger partial charge in [0, 0.05) is 37.1 Å². The van der Waals surface area contributed by atoms with Crippen molar-refractivity contribution in [2.24, 2.45) is 13.0 Å². The van der Waals surface area contributed by atoms with Crippen LogP contribution in [0.5, 0.6) is 0 Å². The van der Waals surface area contributed by atoms with Gasteiger partial charge < -0.3 is 10.6 Å². The summed E-state index contributed by atoms with van der Waals surface area (Å²) < 4.78 is 1.83. The highest BCUT2D eigenvalue weighted by Gasteiger charge is 2.25. The van der Waals surface area contributed by atoms with E-state index in [9.17, 15) is 9.59 Å². The minimum absolute atomic E-state index is 0.0400. The predicted octanol–water partition coefficient (Wildman–Crippen LogP) is 1.82. The summed E-state index contributed by atoms with van der Waals surface area (Å²) in [5.41, 5.74) is 2.50. The highest BCUT2D eigenvalue weighted by atomic mass is 16.2. The molecule has 1 saturated heterocycles. The first kappa shape index (κ1) is 18.7. The second-order valence-electron chi connectivity index (χ2n) is 7.99. The fourth-order valence-corrected chi connectivity index (χ4v) is 3.77. The Kier molecular flexibility index (Phi) is 5.43. The number of hydrogen-bond acceptors (Lipinski definition) is 4. The van der Waals surface area contributed by atoms with E-state index >= 15 is 0 Å². The van der Waals surface area contributed by atoms with Gasteiger partial charge >= 0.3 is 0 Å². The molecule has 1 saturated carbocycles. The van der Waals surface area contributed by atoms with E-state index in [1.54, 1.807) is 18.2 Å². The summed E-state index contributed by atoms with van der Waals surface area (Å²) in [6, 6.07) is 7.46. The maximum absolute atomic E-state index is 12.4. The lowest BCUT2D eigenvalue weighted by molar-refractivity contribution is -0.117. The number of likely N-dealkylation sites (tertiary alicyclic amines) is 1. The molecule has 1 atom stereocenters. The lowest BCUT2D eigenvalue weighted by Crippen LogP contribution is -2.32. The minimum Gasteiger partial charge on any atom is -0.349 e. The summed E-state index contributed by atoms with van der Waals surface area (Å²) >= 11 is 0. The number of hydrogen-bond donors (Lipinski definition) is 2. The maximum Gasteiger partial charge on any atom is 0.251 e. The molecule has 1 aromatic heterocycles. The van der Waals surface area contributed by atoms with Gasteiger partial charge in [-0.15, -0.1) is 0 Å². The van der Waals surface area contributed by atoms with Gasteiger partial charge in [0.15, 0.2) is 0 Å². The minimum atomic E-state index is -0.0728. The summed E-state index contributed by atoms with van der Waals surface area (Å²) in [5, 5.41) is 10.1. The molecule has 7 nitrogen and oxygen atoms in total. The Hall–Kier alpha value is -2.67. The SMILES string of the molecule is Cn1cc(CC2CCN(CC(=O)Nc3cccc(C(=O)NC4CC4)c3)C2)cn1. The Morgan fingerprint density at radius 3 is 2.86 bits per heavy atom. The van der Waals surface area contributed by atoms with Crippen molar-refractivity contribution in [2.75, 3.05) is 25.0 Å². The van der Waals surface area contributed by atoms with Crippen LogP contribution in [-0.4, -0.2) is 52.2 Å².